The fourth-order valence-electron chi connectivity index (χ4n) is 7.55. The lowest BCUT2D eigenvalue weighted by molar-refractivity contribution is -0.138. The average molecular weight is 766 g/mol. The molecule has 0 saturated carbocycles. The van der Waals surface area contributed by atoms with Crippen molar-refractivity contribution in [2.75, 3.05) is 0 Å². The van der Waals surface area contributed by atoms with Crippen molar-refractivity contribution in [3.8, 4) is 33.9 Å². The zero-order valence-corrected chi connectivity index (χ0v) is 28.6. The molecular weight excluding hydrogens is 741 g/mol. The van der Waals surface area contributed by atoms with Gasteiger partial charge >= 0.3 is 18.5 Å². The smallest absolute Gasteiger partial charge is 0.308 e. The maximum Gasteiger partial charge on any atom is 0.416 e. The number of rotatable bonds is 4. The summed E-state index contributed by atoms with van der Waals surface area (Å²) in [5, 5.41) is 1.63. The minimum absolute atomic E-state index is 0.0339. The summed E-state index contributed by atoms with van der Waals surface area (Å²) < 4.78 is 134. The van der Waals surface area contributed by atoms with Gasteiger partial charge in [-0.2, -0.15) is 39.5 Å². The predicted molar refractivity (Wildman–Crippen MR) is 199 cm³/mol. The summed E-state index contributed by atoms with van der Waals surface area (Å²) in [6.45, 7) is 0. The highest BCUT2D eigenvalue weighted by molar-refractivity contribution is 6.12. The molecule has 3 nitrogen and oxygen atoms in total. The summed E-state index contributed by atoms with van der Waals surface area (Å²) in [5.74, 6) is 0. The lowest BCUT2D eigenvalue weighted by Gasteiger charge is -2.22. The first-order valence-electron chi connectivity index (χ1n) is 17.2. The van der Waals surface area contributed by atoms with Gasteiger partial charge in [-0.3, -0.25) is 0 Å². The van der Waals surface area contributed by atoms with Crippen LogP contribution >= 0.6 is 0 Å². The monoisotopic (exact) mass is 765 g/mol. The van der Waals surface area contributed by atoms with E-state index in [0.717, 1.165) is 36.4 Å². The fraction of sp³-hybridized carbons (Fsp3) is 0.0682. The molecule has 56 heavy (non-hydrogen) atoms. The zero-order chi connectivity index (χ0) is 39.1. The number of para-hydroxylation sites is 2. The lowest BCUT2D eigenvalue weighted by atomic mass is 10.00. The summed E-state index contributed by atoms with van der Waals surface area (Å²) >= 11 is 0. The molecule has 0 atom stereocenters. The molecule has 9 aromatic rings. The second kappa shape index (κ2) is 12.5. The first-order chi connectivity index (χ1) is 26.7. The van der Waals surface area contributed by atoms with E-state index in [1.807, 2.05) is 0 Å². The van der Waals surface area contributed by atoms with Gasteiger partial charge in [0.1, 0.15) is 0 Å². The van der Waals surface area contributed by atoms with Crippen LogP contribution < -0.4 is 0 Å². The molecule has 0 aliphatic rings. The Hall–Kier alpha value is -6.56. The van der Waals surface area contributed by atoms with Gasteiger partial charge in [0.25, 0.3) is 0 Å². The first kappa shape index (κ1) is 35.2. The minimum atomic E-state index is -5.01. The molecule has 0 saturated heterocycles. The Morgan fingerprint density at radius 2 is 0.786 bits per heavy atom. The SMILES string of the molecule is FC(F)(F)c1cc(-n2c3ccccc3c3ccc(C(F)(F)F)cc32)c(-c2cccc(-c3ccccc3)n2)c(-n2c3ccccc3c3ccc(C(F)(F)F)cc32)c1. The van der Waals surface area contributed by atoms with E-state index in [-0.39, 0.29) is 33.7 Å². The van der Waals surface area contributed by atoms with Gasteiger partial charge in [-0.1, -0.05) is 84.9 Å². The highest BCUT2D eigenvalue weighted by Gasteiger charge is 2.36. The Morgan fingerprint density at radius 3 is 1.27 bits per heavy atom. The molecule has 0 aliphatic carbocycles. The van der Waals surface area contributed by atoms with Crippen LogP contribution in [0.2, 0.25) is 0 Å². The van der Waals surface area contributed by atoms with Crippen molar-refractivity contribution in [1.29, 1.82) is 0 Å². The third-order valence-electron chi connectivity index (χ3n) is 9.98. The standard InChI is InChI=1S/C44H24F9N3/c45-42(46,47)26-17-19-31-29-11-4-6-15-35(29)55(37(31)21-26)39-23-28(44(51,52)53)24-40(41(39)34-14-8-13-33(54-34)25-9-2-1-3-10-25)56-36-16-7-5-12-30(36)32-20-18-27(22-38(32)56)43(48,49)50/h1-24H. The number of benzene rings is 6. The number of aromatic nitrogens is 3. The van der Waals surface area contributed by atoms with E-state index in [4.69, 9.17) is 4.98 Å². The van der Waals surface area contributed by atoms with E-state index < -0.39 is 35.2 Å². The van der Waals surface area contributed by atoms with E-state index in [2.05, 4.69) is 0 Å². The number of fused-ring (bicyclic) bond motifs is 6. The summed E-state index contributed by atoms with van der Waals surface area (Å²) in [6, 6.07) is 34.9. The molecule has 0 unspecified atom stereocenters. The maximum absolute atomic E-state index is 15.2. The third kappa shape index (κ3) is 5.75. The molecule has 0 fully saturated rings. The van der Waals surface area contributed by atoms with E-state index in [0.29, 0.717) is 43.8 Å². The van der Waals surface area contributed by atoms with E-state index >= 15 is 13.2 Å². The molecular formula is C44H24F9N3. The lowest BCUT2D eigenvalue weighted by Crippen LogP contribution is -2.12. The van der Waals surface area contributed by atoms with Gasteiger partial charge in [-0.05, 0) is 60.7 Å². The number of pyridine rings is 1. The van der Waals surface area contributed by atoms with Crippen molar-refractivity contribution in [2.24, 2.45) is 0 Å². The van der Waals surface area contributed by atoms with Crippen LogP contribution in [0.5, 0.6) is 0 Å². The van der Waals surface area contributed by atoms with Gasteiger partial charge < -0.3 is 9.13 Å². The number of alkyl halides is 9. The molecule has 0 aliphatic heterocycles. The number of halogens is 9. The van der Waals surface area contributed by atoms with Crippen LogP contribution in [0.15, 0.2) is 146 Å². The van der Waals surface area contributed by atoms with Crippen molar-refractivity contribution in [3.63, 3.8) is 0 Å². The van der Waals surface area contributed by atoms with Crippen molar-refractivity contribution < 1.29 is 39.5 Å². The Bertz CT molecular complexity index is 2830. The van der Waals surface area contributed by atoms with Crippen LogP contribution in [-0.4, -0.2) is 14.1 Å². The highest BCUT2D eigenvalue weighted by Crippen LogP contribution is 2.46. The Labute approximate surface area is 311 Å². The molecule has 6 aromatic carbocycles. The van der Waals surface area contributed by atoms with Crippen LogP contribution in [0, 0.1) is 0 Å². The molecule has 0 bridgehead atoms. The van der Waals surface area contributed by atoms with Crippen molar-refractivity contribution >= 4 is 43.6 Å². The molecule has 0 spiro atoms. The van der Waals surface area contributed by atoms with Crippen LogP contribution in [0.1, 0.15) is 16.7 Å². The topological polar surface area (TPSA) is 22.8 Å². The second-order valence-corrected chi connectivity index (χ2v) is 13.3. The Balaban J connectivity index is 1.51. The molecule has 12 heteroatoms. The average Bonchev–Trinajstić information content (AvgIpc) is 3.69. The van der Waals surface area contributed by atoms with Crippen LogP contribution in [0.25, 0.3) is 77.5 Å². The zero-order valence-electron chi connectivity index (χ0n) is 28.6. The van der Waals surface area contributed by atoms with Crippen LogP contribution in [0.3, 0.4) is 0 Å². The number of hydrogen-bond acceptors (Lipinski definition) is 1. The second-order valence-electron chi connectivity index (χ2n) is 13.3. The highest BCUT2D eigenvalue weighted by atomic mass is 19.4. The van der Waals surface area contributed by atoms with E-state index in [9.17, 15) is 26.3 Å². The van der Waals surface area contributed by atoms with Gasteiger partial charge in [0.15, 0.2) is 0 Å². The molecule has 278 valence electrons. The fourth-order valence-corrected chi connectivity index (χ4v) is 7.55. The van der Waals surface area contributed by atoms with Crippen molar-refractivity contribution in [3.05, 3.63) is 162 Å². The molecule has 0 N–H and O–H groups in total. The normalized spacial score (nSPS) is 12.7. The number of nitrogens with zero attached hydrogens (tertiary/aromatic N) is 3. The van der Waals surface area contributed by atoms with Gasteiger partial charge in [-0.25, -0.2) is 4.98 Å². The van der Waals surface area contributed by atoms with Crippen molar-refractivity contribution in [1.82, 2.24) is 14.1 Å². The molecule has 3 aromatic heterocycles. The van der Waals surface area contributed by atoms with Crippen molar-refractivity contribution in [2.45, 2.75) is 18.5 Å². The third-order valence-corrected chi connectivity index (χ3v) is 9.98. The number of hydrogen-bond donors (Lipinski definition) is 0. The van der Waals surface area contributed by atoms with Gasteiger partial charge in [0.05, 0.1) is 61.5 Å². The summed E-state index contributed by atoms with van der Waals surface area (Å²) in [5.41, 5.74) is -1.79. The predicted octanol–water partition coefficient (Wildman–Crippen LogP) is 13.7. The maximum atomic E-state index is 15.2. The quantitative estimate of drug-likeness (QED) is 0.164. The van der Waals surface area contributed by atoms with Gasteiger partial charge in [0, 0.05) is 32.7 Å². The molecule has 0 radical (unpaired) electrons. The summed E-state index contributed by atoms with van der Waals surface area (Å²) in [4.78, 5) is 4.91. The van der Waals surface area contributed by atoms with Gasteiger partial charge in [0.2, 0.25) is 0 Å². The van der Waals surface area contributed by atoms with Gasteiger partial charge in [-0.15, -0.1) is 0 Å². The Morgan fingerprint density at radius 1 is 0.357 bits per heavy atom. The molecule has 0 amide bonds. The minimum Gasteiger partial charge on any atom is -0.308 e. The van der Waals surface area contributed by atoms with E-state index in [1.165, 1.54) is 21.3 Å². The summed E-state index contributed by atoms with van der Waals surface area (Å²) in [7, 11) is 0. The van der Waals surface area contributed by atoms with E-state index in [1.54, 1.807) is 97.1 Å². The van der Waals surface area contributed by atoms with Crippen LogP contribution in [-0.2, 0) is 18.5 Å². The summed E-state index contributed by atoms with van der Waals surface area (Å²) in [6.07, 6.45) is -14.6. The molecule has 9 rings (SSSR count). The Kier molecular flexibility index (Phi) is 7.84. The largest absolute Gasteiger partial charge is 0.416 e. The molecule has 3 heterocycles. The van der Waals surface area contributed by atoms with Crippen LogP contribution in [0.4, 0.5) is 39.5 Å². The first-order valence-corrected chi connectivity index (χ1v) is 17.2.